The Balaban J connectivity index is 1.39. The minimum Gasteiger partial charge on any atom is -0.341 e. The van der Waals surface area contributed by atoms with Crippen molar-refractivity contribution in [3.05, 3.63) is 35.9 Å². The summed E-state index contributed by atoms with van der Waals surface area (Å²) < 4.78 is 0. The minimum absolute atomic E-state index is 0.905. The molecule has 116 valence electrons. The maximum atomic E-state index is 2.74. The Morgan fingerprint density at radius 3 is 2.19 bits per heavy atom. The molecule has 1 heterocycles. The second kappa shape index (κ2) is 7.42. The van der Waals surface area contributed by atoms with Crippen LogP contribution in [0.25, 0.3) is 0 Å². The van der Waals surface area contributed by atoms with E-state index in [4.69, 9.17) is 0 Å². The summed E-state index contributed by atoms with van der Waals surface area (Å²) in [6.07, 6.45) is 8.65. The van der Waals surface area contributed by atoms with Crippen molar-refractivity contribution in [1.82, 2.24) is 0 Å². The summed E-state index contributed by atoms with van der Waals surface area (Å²) in [4.78, 5) is 1.78. The van der Waals surface area contributed by atoms with E-state index in [1.165, 1.54) is 63.7 Å². The lowest BCUT2D eigenvalue weighted by Gasteiger charge is -2.32. The Bertz CT molecular complexity index is 401. The molecule has 3 rings (SSSR count). The van der Waals surface area contributed by atoms with E-state index in [1.807, 2.05) is 0 Å². The fourth-order valence-corrected chi connectivity index (χ4v) is 4.17. The molecule has 2 nitrogen and oxygen atoms in total. The smallest absolute Gasteiger partial charge is 0.103 e. The molecular formula is C19H32N2+2. The number of rotatable bonds is 4. The van der Waals surface area contributed by atoms with Crippen molar-refractivity contribution < 1.29 is 10.2 Å². The van der Waals surface area contributed by atoms with Gasteiger partial charge in [-0.25, -0.2) is 0 Å². The molecule has 0 radical (unpaired) electrons. The van der Waals surface area contributed by atoms with E-state index in [-0.39, 0.29) is 0 Å². The molecule has 1 aromatic rings. The fraction of sp³-hybridized carbons (Fsp3) is 0.684. The molecule has 2 fully saturated rings. The van der Waals surface area contributed by atoms with Crippen LogP contribution in [-0.2, 0) is 6.54 Å². The predicted molar refractivity (Wildman–Crippen MR) is 87.2 cm³/mol. The summed E-state index contributed by atoms with van der Waals surface area (Å²) in [6.45, 7) is 6.36. The average Bonchev–Trinajstić information content (AvgIpc) is 2.53. The van der Waals surface area contributed by atoms with Gasteiger partial charge in [0.05, 0.1) is 25.2 Å². The number of nitrogens with two attached hydrogens (primary N) is 1. The van der Waals surface area contributed by atoms with Crippen LogP contribution >= 0.6 is 0 Å². The monoisotopic (exact) mass is 288 g/mol. The minimum atomic E-state index is 0.905. The van der Waals surface area contributed by atoms with Crippen LogP contribution in [0.5, 0.6) is 0 Å². The van der Waals surface area contributed by atoms with E-state index >= 15 is 0 Å². The van der Waals surface area contributed by atoms with Crippen molar-refractivity contribution in [1.29, 1.82) is 0 Å². The first-order chi connectivity index (χ1) is 10.3. The number of quaternary nitrogens is 2. The standard InChI is InChI=1S/C19H30N2/c1-16-7-9-18(10-8-16)20-19-11-13-21(14-12-19)15-17-5-3-2-4-6-17/h2-6,16,18-20H,7-15H2,1H3/p+2. The molecule has 0 unspecified atom stereocenters. The molecule has 0 atom stereocenters. The zero-order valence-electron chi connectivity index (χ0n) is 13.6. The van der Waals surface area contributed by atoms with Gasteiger partial charge < -0.3 is 10.2 Å². The van der Waals surface area contributed by atoms with Gasteiger partial charge in [0.1, 0.15) is 6.54 Å². The summed E-state index contributed by atoms with van der Waals surface area (Å²) in [5.74, 6) is 0.979. The molecule has 0 amide bonds. The van der Waals surface area contributed by atoms with Gasteiger partial charge in [0.2, 0.25) is 0 Å². The second-order valence-electron chi connectivity index (χ2n) is 7.46. The Kier molecular flexibility index (Phi) is 5.32. The van der Waals surface area contributed by atoms with Crippen LogP contribution in [0.3, 0.4) is 0 Å². The third-order valence-corrected chi connectivity index (χ3v) is 5.64. The SMILES string of the molecule is CC1CCC([NH2+]C2CC[NH+](Cc3ccccc3)CC2)CC1. The molecule has 1 saturated carbocycles. The molecule has 1 aliphatic heterocycles. The van der Waals surface area contributed by atoms with Crippen LogP contribution in [0.4, 0.5) is 0 Å². The second-order valence-corrected chi connectivity index (χ2v) is 7.46. The number of piperidine rings is 1. The van der Waals surface area contributed by atoms with Gasteiger partial charge in [0.25, 0.3) is 0 Å². The lowest BCUT2D eigenvalue weighted by molar-refractivity contribution is -0.927. The highest BCUT2D eigenvalue weighted by Crippen LogP contribution is 2.21. The van der Waals surface area contributed by atoms with Gasteiger partial charge in [0.15, 0.2) is 0 Å². The summed E-state index contributed by atoms with van der Waals surface area (Å²) >= 11 is 0. The van der Waals surface area contributed by atoms with Gasteiger partial charge in [-0.1, -0.05) is 37.3 Å². The number of benzene rings is 1. The maximum absolute atomic E-state index is 2.74. The number of nitrogens with one attached hydrogen (secondary N) is 1. The molecule has 2 aliphatic rings. The van der Waals surface area contributed by atoms with E-state index < -0.39 is 0 Å². The quantitative estimate of drug-likeness (QED) is 0.835. The average molecular weight is 288 g/mol. The van der Waals surface area contributed by atoms with Crippen LogP contribution in [0.2, 0.25) is 0 Å². The number of hydrogen-bond donors (Lipinski definition) is 2. The first-order valence-corrected chi connectivity index (χ1v) is 9.02. The topological polar surface area (TPSA) is 21.1 Å². The molecule has 3 N–H and O–H groups in total. The van der Waals surface area contributed by atoms with Crippen LogP contribution < -0.4 is 10.2 Å². The van der Waals surface area contributed by atoms with Gasteiger partial charge in [-0.15, -0.1) is 0 Å². The van der Waals surface area contributed by atoms with Gasteiger partial charge in [-0.3, -0.25) is 0 Å². The fourth-order valence-electron chi connectivity index (χ4n) is 4.17. The Labute approximate surface area is 129 Å². The van der Waals surface area contributed by atoms with E-state index in [9.17, 15) is 0 Å². The van der Waals surface area contributed by atoms with Crippen LogP contribution in [0.1, 0.15) is 51.0 Å². The van der Waals surface area contributed by atoms with E-state index in [1.54, 1.807) is 4.90 Å². The summed E-state index contributed by atoms with van der Waals surface area (Å²) in [6, 6.07) is 12.8. The van der Waals surface area contributed by atoms with Crippen molar-refractivity contribution in [3.63, 3.8) is 0 Å². The molecule has 1 aliphatic carbocycles. The lowest BCUT2D eigenvalue weighted by atomic mass is 9.86. The predicted octanol–water partition coefficient (Wildman–Crippen LogP) is 1.38. The Morgan fingerprint density at radius 2 is 1.52 bits per heavy atom. The number of likely N-dealkylation sites (tertiary alicyclic amines) is 1. The highest BCUT2D eigenvalue weighted by atomic mass is 15.1. The molecular weight excluding hydrogens is 256 g/mol. The number of hydrogen-bond acceptors (Lipinski definition) is 0. The third-order valence-electron chi connectivity index (χ3n) is 5.64. The maximum Gasteiger partial charge on any atom is 0.103 e. The van der Waals surface area contributed by atoms with E-state index in [0.717, 1.165) is 18.0 Å². The molecule has 1 aromatic carbocycles. The molecule has 2 heteroatoms. The zero-order valence-corrected chi connectivity index (χ0v) is 13.6. The van der Waals surface area contributed by atoms with Crippen molar-refractivity contribution in [3.8, 4) is 0 Å². The van der Waals surface area contributed by atoms with Gasteiger partial charge in [-0.05, 0) is 31.6 Å². The first-order valence-electron chi connectivity index (χ1n) is 9.02. The zero-order chi connectivity index (χ0) is 14.5. The molecule has 0 aromatic heterocycles. The van der Waals surface area contributed by atoms with Crippen LogP contribution in [0.15, 0.2) is 30.3 Å². The summed E-state index contributed by atoms with van der Waals surface area (Å²) in [7, 11) is 0. The van der Waals surface area contributed by atoms with Crippen molar-refractivity contribution in [2.24, 2.45) is 5.92 Å². The largest absolute Gasteiger partial charge is 0.341 e. The Hall–Kier alpha value is -0.860. The van der Waals surface area contributed by atoms with Crippen molar-refractivity contribution in [2.45, 2.75) is 64.1 Å². The normalized spacial score (nSPS) is 33.8. The highest BCUT2D eigenvalue weighted by Gasteiger charge is 2.28. The Morgan fingerprint density at radius 1 is 0.905 bits per heavy atom. The third kappa shape index (κ3) is 4.55. The molecule has 0 spiro atoms. The van der Waals surface area contributed by atoms with Crippen molar-refractivity contribution >= 4 is 0 Å². The van der Waals surface area contributed by atoms with Gasteiger partial charge >= 0.3 is 0 Å². The van der Waals surface area contributed by atoms with Gasteiger partial charge in [-0.2, -0.15) is 0 Å². The van der Waals surface area contributed by atoms with E-state index in [0.29, 0.717) is 0 Å². The van der Waals surface area contributed by atoms with Crippen LogP contribution in [-0.4, -0.2) is 25.2 Å². The molecule has 1 saturated heterocycles. The highest BCUT2D eigenvalue weighted by molar-refractivity contribution is 5.13. The van der Waals surface area contributed by atoms with Crippen molar-refractivity contribution in [2.75, 3.05) is 13.1 Å². The molecule has 0 bridgehead atoms. The van der Waals surface area contributed by atoms with E-state index in [2.05, 4.69) is 42.6 Å². The first kappa shape index (κ1) is 15.1. The lowest BCUT2D eigenvalue weighted by Crippen LogP contribution is -3.14. The van der Waals surface area contributed by atoms with Crippen LogP contribution in [0, 0.1) is 5.92 Å². The summed E-state index contributed by atoms with van der Waals surface area (Å²) in [5.41, 5.74) is 1.50. The molecule has 21 heavy (non-hydrogen) atoms. The summed E-state index contributed by atoms with van der Waals surface area (Å²) in [5, 5.41) is 2.74. The van der Waals surface area contributed by atoms with Gasteiger partial charge in [0, 0.05) is 18.4 Å².